The van der Waals surface area contributed by atoms with Crippen molar-refractivity contribution in [1.82, 2.24) is 15.3 Å². The van der Waals surface area contributed by atoms with Gasteiger partial charge in [-0.3, -0.25) is 20.5 Å². The first-order valence-electron chi connectivity index (χ1n) is 7.50. The van der Waals surface area contributed by atoms with E-state index in [2.05, 4.69) is 21.0 Å². The maximum Gasteiger partial charge on any atom is 0.269 e. The summed E-state index contributed by atoms with van der Waals surface area (Å²) in [6.45, 7) is 0. The molecular weight excluding hydrogens is 395 g/mol. The number of carbonyl (C=O) groups excluding carboxylic acids is 1. The SMILES string of the molecule is CON(C)S(=O)(=O)c1ccc(C(=O)NNC(=S)Nc2ccc(F)cc2)cc1. The summed E-state index contributed by atoms with van der Waals surface area (Å²) in [5.74, 6) is -0.905. The number of sulfonamides is 1. The molecule has 0 unspecified atom stereocenters. The van der Waals surface area contributed by atoms with Crippen LogP contribution >= 0.6 is 12.2 Å². The van der Waals surface area contributed by atoms with E-state index in [1.165, 1.54) is 62.7 Å². The number of anilines is 1. The van der Waals surface area contributed by atoms with Gasteiger partial charge in [-0.25, -0.2) is 12.8 Å². The van der Waals surface area contributed by atoms with Gasteiger partial charge in [0.2, 0.25) is 0 Å². The number of carbonyl (C=O) groups is 1. The van der Waals surface area contributed by atoms with Crippen molar-refractivity contribution in [1.29, 1.82) is 0 Å². The number of halogens is 1. The van der Waals surface area contributed by atoms with Crippen molar-refractivity contribution < 1.29 is 22.4 Å². The molecule has 144 valence electrons. The van der Waals surface area contributed by atoms with Crippen LogP contribution in [0.25, 0.3) is 0 Å². The average Bonchev–Trinajstić information content (AvgIpc) is 2.67. The Labute approximate surface area is 161 Å². The van der Waals surface area contributed by atoms with Gasteiger partial charge in [-0.15, -0.1) is 0 Å². The van der Waals surface area contributed by atoms with Gasteiger partial charge in [0.15, 0.2) is 5.11 Å². The van der Waals surface area contributed by atoms with E-state index < -0.39 is 15.9 Å². The molecule has 2 aromatic carbocycles. The summed E-state index contributed by atoms with van der Waals surface area (Å²) in [4.78, 5) is 16.8. The Balaban J connectivity index is 1.94. The third-order valence-electron chi connectivity index (χ3n) is 3.40. The fourth-order valence-electron chi connectivity index (χ4n) is 1.91. The van der Waals surface area contributed by atoms with E-state index in [4.69, 9.17) is 12.2 Å². The van der Waals surface area contributed by atoms with Crippen LogP contribution in [-0.2, 0) is 14.9 Å². The molecule has 8 nitrogen and oxygen atoms in total. The Morgan fingerprint density at radius 3 is 2.22 bits per heavy atom. The van der Waals surface area contributed by atoms with Crippen LogP contribution in [-0.4, -0.2) is 38.1 Å². The molecule has 0 spiro atoms. The number of nitrogens with one attached hydrogen (secondary N) is 3. The van der Waals surface area contributed by atoms with E-state index in [-0.39, 0.29) is 21.4 Å². The summed E-state index contributed by atoms with van der Waals surface area (Å²) in [5, 5.41) is 2.86. The van der Waals surface area contributed by atoms with Crippen molar-refractivity contribution in [3.8, 4) is 0 Å². The van der Waals surface area contributed by atoms with Crippen LogP contribution in [0, 0.1) is 5.82 Å². The number of hydroxylamine groups is 1. The Bertz CT molecular complexity index is 918. The molecule has 0 heterocycles. The fourth-order valence-corrected chi connectivity index (χ4v) is 3.05. The summed E-state index contributed by atoms with van der Waals surface area (Å²) in [5.41, 5.74) is 5.62. The first-order chi connectivity index (χ1) is 12.7. The molecule has 2 rings (SSSR count). The van der Waals surface area contributed by atoms with Crippen LogP contribution in [0.1, 0.15) is 10.4 Å². The second-order valence-electron chi connectivity index (χ2n) is 5.16. The summed E-state index contributed by atoms with van der Waals surface area (Å²) >= 11 is 5.02. The molecule has 2 aromatic rings. The molecule has 0 aliphatic carbocycles. The first kappa shape index (κ1) is 20.7. The first-order valence-corrected chi connectivity index (χ1v) is 9.35. The third kappa shape index (κ3) is 5.44. The topological polar surface area (TPSA) is 99.8 Å². The van der Waals surface area contributed by atoms with Crippen molar-refractivity contribution in [3.63, 3.8) is 0 Å². The lowest BCUT2D eigenvalue weighted by molar-refractivity contribution is -0.0258. The Kier molecular flexibility index (Phi) is 6.80. The van der Waals surface area contributed by atoms with E-state index in [0.717, 1.165) is 0 Å². The Hall–Kier alpha value is -2.60. The van der Waals surface area contributed by atoms with E-state index in [9.17, 15) is 17.6 Å². The molecule has 3 N–H and O–H groups in total. The second kappa shape index (κ2) is 8.86. The molecule has 0 bridgehead atoms. The summed E-state index contributed by atoms with van der Waals surface area (Å²) in [7, 11) is -1.30. The van der Waals surface area contributed by atoms with Crippen molar-refractivity contribution in [2.24, 2.45) is 0 Å². The van der Waals surface area contributed by atoms with Gasteiger partial charge in [-0.2, -0.15) is 0 Å². The lowest BCUT2D eigenvalue weighted by Gasteiger charge is -2.14. The number of hydrogen-bond donors (Lipinski definition) is 3. The smallest absolute Gasteiger partial charge is 0.269 e. The summed E-state index contributed by atoms with van der Waals surface area (Å²) in [6.07, 6.45) is 0. The molecule has 11 heteroatoms. The molecule has 1 amide bonds. The van der Waals surface area contributed by atoms with Gasteiger partial charge >= 0.3 is 0 Å². The molecule has 0 aliphatic rings. The molecule has 27 heavy (non-hydrogen) atoms. The lowest BCUT2D eigenvalue weighted by atomic mass is 10.2. The van der Waals surface area contributed by atoms with Gasteiger partial charge in [0, 0.05) is 18.3 Å². The maximum atomic E-state index is 12.9. The van der Waals surface area contributed by atoms with Crippen LogP contribution < -0.4 is 16.2 Å². The molecule has 0 saturated carbocycles. The molecule has 0 fully saturated rings. The van der Waals surface area contributed by atoms with Crippen molar-refractivity contribution in [2.75, 3.05) is 19.5 Å². The zero-order chi connectivity index (χ0) is 20.0. The maximum absolute atomic E-state index is 12.9. The predicted molar refractivity (Wildman–Crippen MR) is 102 cm³/mol. The van der Waals surface area contributed by atoms with Crippen LogP contribution in [0.15, 0.2) is 53.4 Å². The quantitative estimate of drug-likeness (QED) is 0.507. The molecule has 0 aliphatic heterocycles. The van der Waals surface area contributed by atoms with Crippen LogP contribution in [0.4, 0.5) is 10.1 Å². The highest BCUT2D eigenvalue weighted by molar-refractivity contribution is 7.89. The Morgan fingerprint density at radius 1 is 1.07 bits per heavy atom. The molecular formula is C16H17FN4O4S2. The number of nitrogens with zero attached hydrogens (tertiary/aromatic N) is 1. The van der Waals surface area contributed by atoms with E-state index in [1.807, 2.05) is 0 Å². The summed E-state index contributed by atoms with van der Waals surface area (Å²) < 4.78 is 37.7. The Morgan fingerprint density at radius 2 is 1.67 bits per heavy atom. The highest BCUT2D eigenvalue weighted by atomic mass is 32.2. The zero-order valence-corrected chi connectivity index (χ0v) is 16.0. The highest BCUT2D eigenvalue weighted by Crippen LogP contribution is 2.15. The standard InChI is InChI=1S/C16H17FN4O4S2/c1-21(25-2)27(23,24)14-9-3-11(4-10-14)15(22)19-20-16(26)18-13-7-5-12(17)6-8-13/h3-10H,1-2H3,(H,19,22)(H2,18,20,26). The zero-order valence-electron chi connectivity index (χ0n) is 14.4. The van der Waals surface area contributed by atoms with Crippen LogP contribution in [0.5, 0.6) is 0 Å². The fraction of sp³-hybridized carbons (Fsp3) is 0.125. The van der Waals surface area contributed by atoms with Gasteiger partial charge in [-0.05, 0) is 60.7 Å². The largest absolute Gasteiger partial charge is 0.331 e. The molecule has 0 saturated heterocycles. The molecule has 0 atom stereocenters. The van der Waals surface area contributed by atoms with E-state index in [1.54, 1.807) is 0 Å². The average molecular weight is 412 g/mol. The highest BCUT2D eigenvalue weighted by Gasteiger charge is 2.20. The number of rotatable bonds is 5. The number of hydrogen-bond acceptors (Lipinski definition) is 5. The van der Waals surface area contributed by atoms with Gasteiger partial charge in [0.25, 0.3) is 15.9 Å². The normalized spacial score (nSPS) is 11.1. The summed E-state index contributed by atoms with van der Waals surface area (Å²) in [6, 6.07) is 10.8. The van der Waals surface area contributed by atoms with Crippen molar-refractivity contribution >= 4 is 38.9 Å². The monoisotopic (exact) mass is 412 g/mol. The van der Waals surface area contributed by atoms with Gasteiger partial charge in [-0.1, -0.05) is 4.47 Å². The van der Waals surface area contributed by atoms with Crippen LogP contribution in [0.2, 0.25) is 0 Å². The number of thiocarbonyl (C=S) groups is 1. The van der Waals surface area contributed by atoms with Crippen molar-refractivity contribution in [3.05, 3.63) is 59.9 Å². The second-order valence-corrected chi connectivity index (χ2v) is 7.51. The van der Waals surface area contributed by atoms with E-state index >= 15 is 0 Å². The van der Waals surface area contributed by atoms with Gasteiger partial charge in [0.1, 0.15) is 5.82 Å². The minimum absolute atomic E-state index is 0.0233. The number of amides is 1. The van der Waals surface area contributed by atoms with Crippen molar-refractivity contribution in [2.45, 2.75) is 4.90 Å². The van der Waals surface area contributed by atoms with E-state index in [0.29, 0.717) is 10.2 Å². The minimum atomic E-state index is -3.79. The lowest BCUT2D eigenvalue weighted by Crippen LogP contribution is -2.43. The molecule has 0 radical (unpaired) electrons. The van der Waals surface area contributed by atoms with Gasteiger partial charge in [0.05, 0.1) is 12.0 Å². The molecule has 0 aromatic heterocycles. The minimum Gasteiger partial charge on any atom is -0.331 e. The van der Waals surface area contributed by atoms with Gasteiger partial charge < -0.3 is 5.32 Å². The number of hydrazine groups is 1. The number of benzene rings is 2. The van der Waals surface area contributed by atoms with Crippen LogP contribution in [0.3, 0.4) is 0 Å². The third-order valence-corrected chi connectivity index (χ3v) is 5.30. The predicted octanol–water partition coefficient (Wildman–Crippen LogP) is 1.64.